The van der Waals surface area contributed by atoms with Crippen LogP contribution in [0.4, 0.5) is 5.69 Å². The van der Waals surface area contributed by atoms with Gasteiger partial charge in [0.25, 0.3) is 0 Å². The number of amides is 1. The Morgan fingerprint density at radius 1 is 1.19 bits per heavy atom. The third kappa shape index (κ3) is 8.16. The molecule has 1 aromatic carbocycles. The van der Waals surface area contributed by atoms with Crippen molar-refractivity contribution >= 4 is 46.6 Å². The summed E-state index contributed by atoms with van der Waals surface area (Å²) < 4.78 is 11.3. The Bertz CT molecular complexity index is 633. The van der Waals surface area contributed by atoms with E-state index in [1.807, 2.05) is 12.1 Å². The first-order valence-corrected chi connectivity index (χ1v) is 9.77. The highest BCUT2D eigenvalue weighted by Gasteiger charge is 2.18. The summed E-state index contributed by atoms with van der Waals surface area (Å²) in [5, 5.41) is 2.73. The van der Waals surface area contributed by atoms with E-state index < -0.39 is 18.0 Å². The standard InChI is InChI=1S/C19H26INO5/c1-4-5-6-7-15-10-19(21-12-22)16(9-18(15)20)8-17(26-14(3)24)11-25-13(2)23/h9-10,12,17H,4-8,11H2,1-3H3,(H,21,22). The number of ether oxygens (including phenoxy) is 2. The van der Waals surface area contributed by atoms with Crippen LogP contribution in [0.2, 0.25) is 0 Å². The number of benzene rings is 1. The van der Waals surface area contributed by atoms with Gasteiger partial charge in [0.2, 0.25) is 6.41 Å². The SMILES string of the molecule is CCCCCc1cc(NC=O)c(CC(COC(C)=O)OC(C)=O)cc1I. The normalized spacial score (nSPS) is 11.5. The number of halogens is 1. The molecule has 1 aromatic rings. The maximum absolute atomic E-state index is 11.3. The van der Waals surface area contributed by atoms with Crippen molar-refractivity contribution in [1.29, 1.82) is 0 Å². The van der Waals surface area contributed by atoms with Gasteiger partial charge < -0.3 is 14.8 Å². The van der Waals surface area contributed by atoms with Crippen LogP contribution in [0.1, 0.15) is 51.2 Å². The largest absolute Gasteiger partial charge is 0.462 e. The minimum absolute atomic E-state index is 0.0235. The topological polar surface area (TPSA) is 81.7 Å². The predicted octanol–water partition coefficient (Wildman–Crippen LogP) is 3.63. The van der Waals surface area contributed by atoms with Crippen LogP contribution in [0.3, 0.4) is 0 Å². The second-order valence-electron chi connectivity index (χ2n) is 6.06. The molecule has 0 aliphatic heterocycles. The summed E-state index contributed by atoms with van der Waals surface area (Å²) in [6.07, 6.45) is 4.71. The van der Waals surface area contributed by atoms with Crippen LogP contribution in [0.25, 0.3) is 0 Å². The van der Waals surface area contributed by atoms with Crippen LogP contribution < -0.4 is 5.32 Å². The molecule has 1 unspecified atom stereocenters. The third-order valence-corrected chi connectivity index (χ3v) is 4.79. The van der Waals surface area contributed by atoms with E-state index in [1.165, 1.54) is 19.4 Å². The zero-order valence-corrected chi connectivity index (χ0v) is 17.6. The van der Waals surface area contributed by atoms with Crippen LogP contribution >= 0.6 is 22.6 Å². The minimum Gasteiger partial charge on any atom is -0.462 e. The molecule has 0 spiro atoms. The fourth-order valence-electron chi connectivity index (χ4n) is 2.61. The molecule has 0 saturated carbocycles. The maximum Gasteiger partial charge on any atom is 0.303 e. The lowest BCUT2D eigenvalue weighted by Crippen LogP contribution is -2.26. The van der Waals surface area contributed by atoms with E-state index in [9.17, 15) is 14.4 Å². The van der Waals surface area contributed by atoms with Crippen molar-refractivity contribution in [2.45, 2.75) is 59.0 Å². The molecule has 0 aliphatic rings. The summed E-state index contributed by atoms with van der Waals surface area (Å²) in [5.74, 6) is -0.882. The van der Waals surface area contributed by atoms with E-state index in [0.29, 0.717) is 18.5 Å². The lowest BCUT2D eigenvalue weighted by Gasteiger charge is -2.19. The van der Waals surface area contributed by atoms with Gasteiger partial charge in [0.15, 0.2) is 0 Å². The van der Waals surface area contributed by atoms with Gasteiger partial charge in [-0.1, -0.05) is 19.8 Å². The van der Waals surface area contributed by atoms with E-state index in [4.69, 9.17) is 9.47 Å². The Balaban J connectivity index is 3.02. The van der Waals surface area contributed by atoms with Crippen molar-refractivity contribution in [3.8, 4) is 0 Å². The van der Waals surface area contributed by atoms with Gasteiger partial charge >= 0.3 is 11.9 Å². The van der Waals surface area contributed by atoms with Crippen LogP contribution in [-0.4, -0.2) is 31.1 Å². The molecule has 0 aromatic heterocycles. The first-order chi connectivity index (χ1) is 12.4. The monoisotopic (exact) mass is 475 g/mol. The zero-order valence-electron chi connectivity index (χ0n) is 15.5. The fourth-order valence-corrected chi connectivity index (χ4v) is 3.41. The Labute approximate surface area is 168 Å². The highest BCUT2D eigenvalue weighted by molar-refractivity contribution is 14.1. The molecule has 1 rings (SSSR count). The molecular formula is C19H26INO5. The smallest absolute Gasteiger partial charge is 0.303 e. The molecule has 0 saturated heterocycles. The molecule has 1 N–H and O–H groups in total. The molecule has 7 heteroatoms. The molecule has 1 atom stereocenters. The number of rotatable bonds is 11. The summed E-state index contributed by atoms with van der Waals surface area (Å²) in [6, 6.07) is 3.95. The molecule has 26 heavy (non-hydrogen) atoms. The van der Waals surface area contributed by atoms with E-state index in [1.54, 1.807) is 0 Å². The number of hydrogen-bond acceptors (Lipinski definition) is 5. The molecule has 1 amide bonds. The van der Waals surface area contributed by atoms with E-state index >= 15 is 0 Å². The van der Waals surface area contributed by atoms with Gasteiger partial charge in [-0.25, -0.2) is 0 Å². The average molecular weight is 475 g/mol. The number of carbonyl (C=O) groups excluding carboxylic acids is 3. The van der Waals surface area contributed by atoms with Crippen molar-refractivity contribution in [2.24, 2.45) is 0 Å². The van der Waals surface area contributed by atoms with Crippen molar-refractivity contribution in [3.63, 3.8) is 0 Å². The number of esters is 2. The molecule has 0 heterocycles. The number of unbranched alkanes of at least 4 members (excludes halogenated alkanes) is 2. The highest BCUT2D eigenvalue weighted by atomic mass is 127. The van der Waals surface area contributed by atoms with Gasteiger partial charge in [0.1, 0.15) is 12.7 Å². The second-order valence-corrected chi connectivity index (χ2v) is 7.22. The van der Waals surface area contributed by atoms with Gasteiger partial charge in [-0.2, -0.15) is 0 Å². The number of carbonyl (C=O) groups is 3. The van der Waals surface area contributed by atoms with Crippen LogP contribution in [0.5, 0.6) is 0 Å². The molecule has 0 fully saturated rings. The minimum atomic E-state index is -0.606. The quantitative estimate of drug-likeness (QED) is 0.229. The van der Waals surface area contributed by atoms with Crippen LogP contribution in [-0.2, 0) is 36.7 Å². The lowest BCUT2D eigenvalue weighted by molar-refractivity contribution is -0.156. The van der Waals surface area contributed by atoms with Gasteiger partial charge in [-0.05, 0) is 58.7 Å². The van der Waals surface area contributed by atoms with Crippen molar-refractivity contribution in [3.05, 3.63) is 26.8 Å². The first kappa shape index (κ1) is 22.4. The number of hydrogen-bond donors (Lipinski definition) is 1. The summed E-state index contributed by atoms with van der Waals surface area (Å²) in [7, 11) is 0. The van der Waals surface area contributed by atoms with Gasteiger partial charge in [0, 0.05) is 29.5 Å². The number of nitrogens with one attached hydrogen (secondary N) is 1. The fraction of sp³-hybridized carbons (Fsp3) is 0.526. The molecule has 144 valence electrons. The number of anilines is 1. The van der Waals surface area contributed by atoms with Crippen molar-refractivity contribution in [2.75, 3.05) is 11.9 Å². The first-order valence-electron chi connectivity index (χ1n) is 8.69. The van der Waals surface area contributed by atoms with Gasteiger partial charge in [0.05, 0.1) is 0 Å². The van der Waals surface area contributed by atoms with Crippen LogP contribution in [0, 0.1) is 3.57 Å². The van der Waals surface area contributed by atoms with E-state index in [-0.39, 0.29) is 6.61 Å². The highest BCUT2D eigenvalue weighted by Crippen LogP contribution is 2.26. The Morgan fingerprint density at radius 2 is 1.92 bits per heavy atom. The summed E-state index contributed by atoms with van der Waals surface area (Å²) in [4.78, 5) is 33.4. The summed E-state index contributed by atoms with van der Waals surface area (Å²) in [6.45, 7) is 4.75. The summed E-state index contributed by atoms with van der Waals surface area (Å²) >= 11 is 2.28. The Morgan fingerprint density at radius 3 is 2.50 bits per heavy atom. The molecule has 0 bridgehead atoms. The third-order valence-electron chi connectivity index (χ3n) is 3.79. The summed E-state index contributed by atoms with van der Waals surface area (Å²) in [5.41, 5.74) is 2.70. The Hall–Kier alpha value is -1.64. The molecule has 0 aliphatic carbocycles. The average Bonchev–Trinajstić information content (AvgIpc) is 2.56. The van der Waals surface area contributed by atoms with E-state index in [2.05, 4.69) is 34.8 Å². The number of aryl methyl sites for hydroxylation is 1. The maximum atomic E-state index is 11.3. The second kappa shape index (κ2) is 11.9. The van der Waals surface area contributed by atoms with Crippen molar-refractivity contribution in [1.82, 2.24) is 0 Å². The molecule has 6 nitrogen and oxygen atoms in total. The van der Waals surface area contributed by atoms with Crippen LogP contribution in [0.15, 0.2) is 12.1 Å². The predicted molar refractivity (Wildman–Crippen MR) is 108 cm³/mol. The molecule has 0 radical (unpaired) electrons. The zero-order chi connectivity index (χ0) is 19.5. The van der Waals surface area contributed by atoms with Gasteiger partial charge in [-0.3, -0.25) is 14.4 Å². The lowest BCUT2D eigenvalue weighted by atomic mass is 10.00. The molecular weight excluding hydrogens is 449 g/mol. The van der Waals surface area contributed by atoms with Gasteiger partial charge in [-0.15, -0.1) is 0 Å². The Kier molecular flexibility index (Phi) is 10.2. The van der Waals surface area contributed by atoms with Crippen molar-refractivity contribution < 1.29 is 23.9 Å². The van der Waals surface area contributed by atoms with E-state index in [0.717, 1.165) is 34.8 Å².